The molecule has 0 bridgehead atoms. The van der Waals surface area contributed by atoms with Crippen molar-refractivity contribution >= 4 is 17.5 Å². The van der Waals surface area contributed by atoms with Crippen LogP contribution in [0.1, 0.15) is 13.8 Å². The van der Waals surface area contributed by atoms with E-state index in [-0.39, 0.29) is 0 Å². The molecule has 1 aromatic carbocycles. The van der Waals surface area contributed by atoms with Crippen LogP contribution in [0.25, 0.3) is 0 Å². The summed E-state index contributed by atoms with van der Waals surface area (Å²) in [6, 6.07) is 10.1. The second kappa shape index (κ2) is 5.25. The molecule has 5 heteroatoms. The molecule has 0 saturated carbocycles. The SMILES string of the molecule is CC(C)Nc1cnnc(Nc2ccccc2)n1. The molecule has 0 aliphatic carbocycles. The summed E-state index contributed by atoms with van der Waals surface area (Å²) < 4.78 is 0. The fourth-order valence-corrected chi connectivity index (χ4v) is 1.37. The molecule has 0 atom stereocenters. The van der Waals surface area contributed by atoms with Crippen LogP contribution in [0.15, 0.2) is 36.5 Å². The van der Waals surface area contributed by atoms with Crippen LogP contribution in [-0.2, 0) is 0 Å². The first kappa shape index (κ1) is 11.3. The number of para-hydroxylation sites is 1. The third-order valence-electron chi connectivity index (χ3n) is 2.03. The Balaban J connectivity index is 2.11. The van der Waals surface area contributed by atoms with E-state index in [0.29, 0.717) is 17.8 Å². The summed E-state index contributed by atoms with van der Waals surface area (Å²) in [4.78, 5) is 4.31. The van der Waals surface area contributed by atoms with E-state index in [4.69, 9.17) is 0 Å². The fourth-order valence-electron chi connectivity index (χ4n) is 1.37. The fraction of sp³-hybridized carbons (Fsp3) is 0.250. The molecule has 0 saturated heterocycles. The average Bonchev–Trinajstić information content (AvgIpc) is 2.30. The summed E-state index contributed by atoms with van der Waals surface area (Å²) in [7, 11) is 0. The van der Waals surface area contributed by atoms with E-state index in [2.05, 4.69) is 25.8 Å². The zero-order valence-corrected chi connectivity index (χ0v) is 9.88. The van der Waals surface area contributed by atoms with Crippen molar-refractivity contribution < 1.29 is 0 Å². The van der Waals surface area contributed by atoms with E-state index in [1.165, 1.54) is 0 Å². The minimum atomic E-state index is 0.316. The van der Waals surface area contributed by atoms with Gasteiger partial charge in [-0.25, -0.2) is 0 Å². The van der Waals surface area contributed by atoms with Crippen LogP contribution in [0.4, 0.5) is 17.5 Å². The summed E-state index contributed by atoms with van der Waals surface area (Å²) in [5.74, 6) is 1.20. The van der Waals surface area contributed by atoms with E-state index < -0.39 is 0 Å². The van der Waals surface area contributed by atoms with Gasteiger partial charge in [-0.3, -0.25) is 0 Å². The van der Waals surface area contributed by atoms with E-state index in [1.54, 1.807) is 6.20 Å². The predicted molar refractivity (Wildman–Crippen MR) is 68.3 cm³/mol. The molecule has 0 fully saturated rings. The summed E-state index contributed by atoms with van der Waals surface area (Å²) in [6.07, 6.45) is 1.61. The normalized spacial score (nSPS) is 10.3. The van der Waals surface area contributed by atoms with Gasteiger partial charge in [0.25, 0.3) is 0 Å². The van der Waals surface area contributed by atoms with E-state index >= 15 is 0 Å². The van der Waals surface area contributed by atoms with Gasteiger partial charge in [-0.15, -0.1) is 5.10 Å². The quantitative estimate of drug-likeness (QED) is 0.843. The Kier molecular flexibility index (Phi) is 3.49. The van der Waals surface area contributed by atoms with Gasteiger partial charge in [0.05, 0.1) is 6.20 Å². The lowest BCUT2D eigenvalue weighted by Gasteiger charge is -2.09. The van der Waals surface area contributed by atoms with Gasteiger partial charge in [0.1, 0.15) is 0 Å². The Hall–Kier alpha value is -2.17. The molecular formula is C12H15N5. The van der Waals surface area contributed by atoms with Crippen molar-refractivity contribution in [3.8, 4) is 0 Å². The van der Waals surface area contributed by atoms with Gasteiger partial charge in [0.15, 0.2) is 5.82 Å². The summed E-state index contributed by atoms with van der Waals surface area (Å²) in [6.45, 7) is 4.10. The zero-order chi connectivity index (χ0) is 12.1. The molecule has 1 heterocycles. The summed E-state index contributed by atoms with van der Waals surface area (Å²) in [5.41, 5.74) is 0.941. The smallest absolute Gasteiger partial charge is 0.249 e. The van der Waals surface area contributed by atoms with Crippen LogP contribution in [0.3, 0.4) is 0 Å². The Labute approximate surface area is 100 Å². The van der Waals surface area contributed by atoms with Crippen molar-refractivity contribution in [2.45, 2.75) is 19.9 Å². The molecule has 0 radical (unpaired) electrons. The molecule has 2 N–H and O–H groups in total. The highest BCUT2D eigenvalue weighted by atomic mass is 15.3. The van der Waals surface area contributed by atoms with Crippen molar-refractivity contribution in [1.29, 1.82) is 0 Å². The average molecular weight is 229 g/mol. The van der Waals surface area contributed by atoms with Crippen LogP contribution in [0.2, 0.25) is 0 Å². The number of benzene rings is 1. The minimum Gasteiger partial charge on any atom is -0.366 e. The van der Waals surface area contributed by atoms with E-state index in [1.807, 2.05) is 44.2 Å². The number of aromatic nitrogens is 3. The minimum absolute atomic E-state index is 0.316. The van der Waals surface area contributed by atoms with Crippen LogP contribution in [-0.4, -0.2) is 21.2 Å². The Morgan fingerprint density at radius 1 is 1.12 bits per heavy atom. The van der Waals surface area contributed by atoms with Crippen molar-refractivity contribution in [3.05, 3.63) is 36.5 Å². The van der Waals surface area contributed by atoms with E-state index in [9.17, 15) is 0 Å². The van der Waals surface area contributed by atoms with Crippen molar-refractivity contribution in [2.75, 3.05) is 10.6 Å². The predicted octanol–water partition coefficient (Wildman–Crippen LogP) is 2.44. The molecule has 2 aromatic rings. The maximum atomic E-state index is 4.31. The molecule has 0 spiro atoms. The van der Waals surface area contributed by atoms with Gasteiger partial charge in [0.2, 0.25) is 5.95 Å². The molecule has 0 amide bonds. The number of rotatable bonds is 4. The molecule has 0 aliphatic heterocycles. The molecular weight excluding hydrogens is 214 g/mol. The third-order valence-corrected chi connectivity index (χ3v) is 2.03. The monoisotopic (exact) mass is 229 g/mol. The highest BCUT2D eigenvalue weighted by molar-refractivity contribution is 5.53. The van der Waals surface area contributed by atoms with Crippen molar-refractivity contribution in [1.82, 2.24) is 15.2 Å². The second-order valence-electron chi connectivity index (χ2n) is 3.96. The number of anilines is 3. The number of nitrogens with zero attached hydrogens (tertiary/aromatic N) is 3. The maximum Gasteiger partial charge on any atom is 0.249 e. The Bertz CT molecular complexity index is 469. The first-order valence-electron chi connectivity index (χ1n) is 5.52. The van der Waals surface area contributed by atoms with Crippen LogP contribution in [0.5, 0.6) is 0 Å². The highest BCUT2D eigenvalue weighted by Gasteiger charge is 2.01. The Morgan fingerprint density at radius 2 is 1.88 bits per heavy atom. The maximum absolute atomic E-state index is 4.31. The van der Waals surface area contributed by atoms with Crippen LogP contribution in [0, 0.1) is 0 Å². The molecule has 1 aromatic heterocycles. The number of hydrogen-bond acceptors (Lipinski definition) is 5. The van der Waals surface area contributed by atoms with E-state index in [0.717, 1.165) is 5.69 Å². The lowest BCUT2D eigenvalue weighted by Crippen LogP contribution is -2.12. The number of hydrogen-bond donors (Lipinski definition) is 2. The first-order chi connectivity index (χ1) is 8.24. The first-order valence-corrected chi connectivity index (χ1v) is 5.52. The summed E-state index contributed by atoms with van der Waals surface area (Å²) >= 11 is 0. The van der Waals surface area contributed by atoms with Gasteiger partial charge in [-0.2, -0.15) is 10.1 Å². The standard InChI is InChI=1S/C12H15N5/c1-9(2)14-11-8-13-17-12(16-11)15-10-6-4-3-5-7-10/h3-9H,1-2H3,(H2,14,15,16,17). The largest absolute Gasteiger partial charge is 0.366 e. The summed E-state index contributed by atoms with van der Waals surface area (Å²) in [5, 5.41) is 14.1. The topological polar surface area (TPSA) is 62.7 Å². The van der Waals surface area contributed by atoms with Gasteiger partial charge < -0.3 is 10.6 Å². The Morgan fingerprint density at radius 3 is 2.59 bits per heavy atom. The molecule has 88 valence electrons. The van der Waals surface area contributed by atoms with Gasteiger partial charge in [-0.05, 0) is 26.0 Å². The highest BCUT2D eigenvalue weighted by Crippen LogP contribution is 2.12. The molecule has 2 rings (SSSR count). The third kappa shape index (κ3) is 3.41. The molecule has 5 nitrogen and oxygen atoms in total. The van der Waals surface area contributed by atoms with Crippen LogP contribution < -0.4 is 10.6 Å². The number of nitrogens with one attached hydrogen (secondary N) is 2. The van der Waals surface area contributed by atoms with Gasteiger partial charge >= 0.3 is 0 Å². The molecule has 0 aliphatic rings. The van der Waals surface area contributed by atoms with Gasteiger partial charge in [-0.1, -0.05) is 18.2 Å². The molecule has 0 unspecified atom stereocenters. The lowest BCUT2D eigenvalue weighted by atomic mass is 10.3. The van der Waals surface area contributed by atoms with Crippen molar-refractivity contribution in [3.63, 3.8) is 0 Å². The molecule has 17 heavy (non-hydrogen) atoms. The zero-order valence-electron chi connectivity index (χ0n) is 9.88. The second-order valence-corrected chi connectivity index (χ2v) is 3.96. The van der Waals surface area contributed by atoms with Gasteiger partial charge in [0, 0.05) is 11.7 Å². The van der Waals surface area contributed by atoms with Crippen LogP contribution >= 0.6 is 0 Å². The lowest BCUT2D eigenvalue weighted by molar-refractivity contribution is 0.873. The van der Waals surface area contributed by atoms with Crippen molar-refractivity contribution in [2.24, 2.45) is 0 Å².